The van der Waals surface area contributed by atoms with Crippen molar-refractivity contribution >= 4 is 23.6 Å². The minimum Gasteiger partial charge on any atom is -0.448 e. The van der Waals surface area contributed by atoms with Crippen LogP contribution < -0.4 is 5.01 Å². The normalized spacial score (nSPS) is 15.2. The van der Waals surface area contributed by atoms with Crippen molar-refractivity contribution in [2.24, 2.45) is 0 Å². The maximum Gasteiger partial charge on any atom is 0.436 e. The molecule has 0 saturated carbocycles. The zero-order chi connectivity index (χ0) is 13.1. The van der Waals surface area contributed by atoms with E-state index in [1.807, 2.05) is 0 Å². The standard InChI is InChI=1S/C12H12N2O4/c1-2-18-12(17)14-11(16)8-10(15)13(14)9-6-4-3-5-7-9/h3-7H,2,8H2,1H3. The van der Waals surface area contributed by atoms with Crippen LogP contribution in [0.5, 0.6) is 0 Å². The molecule has 0 spiro atoms. The van der Waals surface area contributed by atoms with E-state index in [1.54, 1.807) is 37.3 Å². The van der Waals surface area contributed by atoms with Crippen LogP contribution in [0.25, 0.3) is 0 Å². The number of rotatable bonds is 2. The first kappa shape index (κ1) is 12.1. The molecule has 0 aromatic heterocycles. The molecule has 1 heterocycles. The zero-order valence-electron chi connectivity index (χ0n) is 9.83. The van der Waals surface area contributed by atoms with E-state index >= 15 is 0 Å². The monoisotopic (exact) mass is 248 g/mol. The lowest BCUT2D eigenvalue weighted by atomic mass is 10.3. The summed E-state index contributed by atoms with van der Waals surface area (Å²) in [6, 6.07) is 8.50. The van der Waals surface area contributed by atoms with Gasteiger partial charge >= 0.3 is 6.09 Å². The van der Waals surface area contributed by atoms with Crippen LogP contribution in [0.3, 0.4) is 0 Å². The van der Waals surface area contributed by atoms with E-state index in [2.05, 4.69) is 0 Å². The number of benzene rings is 1. The summed E-state index contributed by atoms with van der Waals surface area (Å²) in [5.41, 5.74) is 0.460. The summed E-state index contributed by atoms with van der Waals surface area (Å²) in [4.78, 5) is 35.1. The molecule has 0 aliphatic carbocycles. The van der Waals surface area contributed by atoms with Crippen molar-refractivity contribution in [3.63, 3.8) is 0 Å². The molecule has 1 aromatic rings. The van der Waals surface area contributed by atoms with Crippen LogP contribution in [0.2, 0.25) is 0 Å². The van der Waals surface area contributed by atoms with Crippen LogP contribution in [0.1, 0.15) is 13.3 Å². The van der Waals surface area contributed by atoms with E-state index in [0.717, 1.165) is 10.0 Å². The van der Waals surface area contributed by atoms with Crippen molar-refractivity contribution in [1.82, 2.24) is 5.01 Å². The summed E-state index contributed by atoms with van der Waals surface area (Å²) in [5.74, 6) is -1.03. The smallest absolute Gasteiger partial charge is 0.436 e. The van der Waals surface area contributed by atoms with Gasteiger partial charge in [-0.05, 0) is 19.1 Å². The number of para-hydroxylation sites is 1. The van der Waals surface area contributed by atoms with E-state index in [1.165, 1.54) is 0 Å². The quantitative estimate of drug-likeness (QED) is 0.740. The fourth-order valence-corrected chi connectivity index (χ4v) is 1.70. The number of nitrogens with zero attached hydrogens (tertiary/aromatic N) is 2. The third kappa shape index (κ3) is 2.04. The summed E-state index contributed by atoms with van der Waals surface area (Å²) < 4.78 is 4.77. The number of imide groups is 1. The molecule has 1 aliphatic heterocycles. The van der Waals surface area contributed by atoms with Crippen LogP contribution in [0.4, 0.5) is 10.5 Å². The lowest BCUT2D eigenvalue weighted by molar-refractivity contribution is -0.126. The van der Waals surface area contributed by atoms with Gasteiger partial charge in [-0.15, -0.1) is 5.01 Å². The average molecular weight is 248 g/mol. The van der Waals surface area contributed by atoms with E-state index in [9.17, 15) is 14.4 Å². The Hall–Kier alpha value is -2.37. The Kier molecular flexibility index (Phi) is 3.27. The molecule has 0 N–H and O–H groups in total. The fourth-order valence-electron chi connectivity index (χ4n) is 1.70. The molecule has 1 saturated heterocycles. The summed E-state index contributed by atoms with van der Waals surface area (Å²) in [6.07, 6.45) is -1.16. The molecule has 1 fully saturated rings. The molecule has 0 unspecified atom stereocenters. The number of hydrogen-bond acceptors (Lipinski definition) is 4. The number of amides is 3. The van der Waals surface area contributed by atoms with E-state index in [-0.39, 0.29) is 13.0 Å². The zero-order valence-corrected chi connectivity index (χ0v) is 9.83. The molecular formula is C12H12N2O4. The Morgan fingerprint density at radius 3 is 2.50 bits per heavy atom. The average Bonchev–Trinajstić information content (AvgIpc) is 2.65. The van der Waals surface area contributed by atoms with Crippen LogP contribution in [-0.4, -0.2) is 29.5 Å². The van der Waals surface area contributed by atoms with Gasteiger partial charge in [-0.3, -0.25) is 9.59 Å². The number of carbonyl (C=O) groups excluding carboxylic acids is 3. The van der Waals surface area contributed by atoms with Crippen LogP contribution in [0, 0.1) is 0 Å². The van der Waals surface area contributed by atoms with Gasteiger partial charge in [-0.1, -0.05) is 18.2 Å². The van der Waals surface area contributed by atoms with Gasteiger partial charge < -0.3 is 4.74 Å². The molecular weight excluding hydrogens is 236 g/mol. The first-order chi connectivity index (χ1) is 8.65. The predicted molar refractivity (Wildman–Crippen MR) is 62.4 cm³/mol. The number of ether oxygens (including phenoxy) is 1. The van der Waals surface area contributed by atoms with Gasteiger partial charge in [0.15, 0.2) is 0 Å². The lowest BCUT2D eigenvalue weighted by Crippen LogP contribution is -2.45. The third-order valence-electron chi connectivity index (χ3n) is 2.42. The summed E-state index contributed by atoms with van der Waals surface area (Å²) in [7, 11) is 0. The highest BCUT2D eigenvalue weighted by atomic mass is 16.6. The van der Waals surface area contributed by atoms with Gasteiger partial charge in [0, 0.05) is 0 Å². The lowest BCUT2D eigenvalue weighted by Gasteiger charge is -2.24. The van der Waals surface area contributed by atoms with Gasteiger partial charge in [0.25, 0.3) is 11.8 Å². The van der Waals surface area contributed by atoms with E-state index in [4.69, 9.17) is 4.74 Å². The molecule has 6 nitrogen and oxygen atoms in total. The van der Waals surface area contributed by atoms with E-state index < -0.39 is 17.9 Å². The maximum atomic E-state index is 11.8. The summed E-state index contributed by atoms with van der Waals surface area (Å²) >= 11 is 0. The molecule has 1 aromatic carbocycles. The second kappa shape index (κ2) is 4.87. The van der Waals surface area contributed by atoms with Crippen LogP contribution in [0.15, 0.2) is 30.3 Å². The Morgan fingerprint density at radius 1 is 1.22 bits per heavy atom. The molecule has 18 heavy (non-hydrogen) atoms. The second-order valence-corrected chi connectivity index (χ2v) is 3.62. The Labute approximate surface area is 104 Å². The minimum atomic E-state index is -0.836. The molecule has 6 heteroatoms. The number of hydrogen-bond donors (Lipinski definition) is 0. The molecule has 2 rings (SSSR count). The SMILES string of the molecule is CCOC(=O)N1C(=O)CC(=O)N1c1ccccc1. The largest absolute Gasteiger partial charge is 0.448 e. The number of hydrazine groups is 1. The summed E-state index contributed by atoms with van der Waals surface area (Å²) in [6.45, 7) is 1.77. The van der Waals surface area contributed by atoms with Crippen molar-refractivity contribution < 1.29 is 19.1 Å². The Morgan fingerprint density at radius 2 is 1.89 bits per heavy atom. The molecule has 0 bridgehead atoms. The van der Waals surface area contributed by atoms with Gasteiger partial charge in [0.05, 0.1) is 12.3 Å². The van der Waals surface area contributed by atoms with Crippen molar-refractivity contribution in [3.05, 3.63) is 30.3 Å². The van der Waals surface area contributed by atoms with E-state index in [0.29, 0.717) is 5.69 Å². The second-order valence-electron chi connectivity index (χ2n) is 3.62. The van der Waals surface area contributed by atoms with Crippen molar-refractivity contribution in [3.8, 4) is 0 Å². The van der Waals surface area contributed by atoms with Crippen LogP contribution >= 0.6 is 0 Å². The van der Waals surface area contributed by atoms with Crippen LogP contribution in [-0.2, 0) is 14.3 Å². The van der Waals surface area contributed by atoms with Gasteiger partial charge in [-0.2, -0.15) is 0 Å². The molecule has 94 valence electrons. The highest BCUT2D eigenvalue weighted by Crippen LogP contribution is 2.23. The Bertz CT molecular complexity index is 486. The van der Waals surface area contributed by atoms with Gasteiger partial charge in [-0.25, -0.2) is 9.80 Å². The number of anilines is 1. The molecule has 1 aliphatic rings. The first-order valence-electron chi connectivity index (χ1n) is 5.52. The highest BCUT2D eigenvalue weighted by Gasteiger charge is 2.42. The topological polar surface area (TPSA) is 66.9 Å². The summed E-state index contributed by atoms with van der Waals surface area (Å²) in [5, 5.41) is 1.78. The predicted octanol–water partition coefficient (Wildman–Crippen LogP) is 1.32. The van der Waals surface area contributed by atoms with Gasteiger partial charge in [0.1, 0.15) is 6.42 Å². The molecule has 0 atom stereocenters. The van der Waals surface area contributed by atoms with Crippen molar-refractivity contribution in [1.29, 1.82) is 0 Å². The van der Waals surface area contributed by atoms with Crippen molar-refractivity contribution in [2.45, 2.75) is 13.3 Å². The maximum absolute atomic E-state index is 11.8. The number of carbonyl (C=O) groups is 3. The Balaban J connectivity index is 2.34. The van der Waals surface area contributed by atoms with Crippen molar-refractivity contribution in [2.75, 3.05) is 11.6 Å². The van der Waals surface area contributed by atoms with Gasteiger partial charge in [0.2, 0.25) is 0 Å². The molecule has 0 radical (unpaired) electrons. The third-order valence-corrected chi connectivity index (χ3v) is 2.42. The minimum absolute atomic E-state index is 0.138. The molecule has 3 amide bonds. The fraction of sp³-hybridized carbons (Fsp3) is 0.250. The highest BCUT2D eigenvalue weighted by molar-refractivity contribution is 6.16. The first-order valence-corrected chi connectivity index (χ1v) is 5.52.